The zero-order valence-electron chi connectivity index (χ0n) is 8.35. The van der Waals surface area contributed by atoms with Gasteiger partial charge in [0.2, 0.25) is 0 Å². The molecule has 0 aromatic carbocycles. The second-order valence-corrected chi connectivity index (χ2v) is 3.69. The summed E-state index contributed by atoms with van der Waals surface area (Å²) in [6, 6.07) is 0. The van der Waals surface area contributed by atoms with Gasteiger partial charge in [-0.1, -0.05) is 0 Å². The van der Waals surface area contributed by atoms with Gasteiger partial charge in [0.05, 0.1) is 6.20 Å². The highest BCUT2D eigenvalue weighted by Gasteiger charge is 2.17. The fourth-order valence-corrected chi connectivity index (χ4v) is 1.74. The Morgan fingerprint density at radius 2 is 2.57 bits per heavy atom. The van der Waals surface area contributed by atoms with Crippen molar-refractivity contribution in [2.75, 3.05) is 13.2 Å². The fourth-order valence-electron chi connectivity index (χ4n) is 1.74. The molecule has 0 saturated carbocycles. The number of nitrogens with zero attached hydrogens (tertiary/aromatic N) is 2. The molecule has 2 rings (SSSR count). The Morgan fingerprint density at radius 1 is 1.64 bits per heavy atom. The monoisotopic (exact) mass is 195 g/mol. The van der Waals surface area contributed by atoms with E-state index in [9.17, 15) is 0 Å². The third kappa shape index (κ3) is 2.13. The van der Waals surface area contributed by atoms with Crippen molar-refractivity contribution < 1.29 is 4.74 Å². The zero-order chi connectivity index (χ0) is 9.80. The number of rotatable bonds is 4. The Morgan fingerprint density at radius 3 is 3.29 bits per heavy atom. The van der Waals surface area contributed by atoms with Crippen molar-refractivity contribution in [3.8, 4) is 0 Å². The number of ether oxygens (including phenoxy) is 1. The van der Waals surface area contributed by atoms with Crippen molar-refractivity contribution in [1.82, 2.24) is 9.78 Å². The summed E-state index contributed by atoms with van der Waals surface area (Å²) in [5.41, 5.74) is 6.71. The maximum atomic E-state index is 5.53. The minimum Gasteiger partial charge on any atom is -0.357 e. The van der Waals surface area contributed by atoms with Crippen molar-refractivity contribution in [3.05, 3.63) is 18.0 Å². The molecule has 1 saturated heterocycles. The van der Waals surface area contributed by atoms with Crippen molar-refractivity contribution >= 4 is 0 Å². The Kier molecular flexibility index (Phi) is 3.16. The Bertz CT molecular complexity index is 279. The lowest BCUT2D eigenvalue weighted by Gasteiger charge is -2.08. The van der Waals surface area contributed by atoms with E-state index in [1.807, 2.05) is 10.9 Å². The van der Waals surface area contributed by atoms with Crippen molar-refractivity contribution in [3.63, 3.8) is 0 Å². The van der Waals surface area contributed by atoms with Gasteiger partial charge in [0, 0.05) is 12.8 Å². The molecule has 1 atom stereocenters. The van der Waals surface area contributed by atoms with Crippen LogP contribution in [0.25, 0.3) is 0 Å². The van der Waals surface area contributed by atoms with Gasteiger partial charge in [0.15, 0.2) is 0 Å². The molecule has 14 heavy (non-hydrogen) atoms. The minimum atomic E-state index is 0.168. The lowest BCUT2D eigenvalue weighted by molar-refractivity contribution is 0.0467. The van der Waals surface area contributed by atoms with Crippen LogP contribution < -0.4 is 5.73 Å². The number of hydrogen-bond acceptors (Lipinski definition) is 3. The highest BCUT2D eigenvalue weighted by molar-refractivity contribution is 5.04. The molecule has 4 nitrogen and oxygen atoms in total. The van der Waals surface area contributed by atoms with E-state index in [0.29, 0.717) is 0 Å². The summed E-state index contributed by atoms with van der Waals surface area (Å²) in [5.74, 6) is 0. The maximum Gasteiger partial charge on any atom is 0.150 e. The van der Waals surface area contributed by atoms with Crippen LogP contribution in [-0.4, -0.2) is 22.9 Å². The molecule has 78 valence electrons. The molecule has 0 bridgehead atoms. The van der Waals surface area contributed by atoms with Gasteiger partial charge in [-0.05, 0) is 37.8 Å². The van der Waals surface area contributed by atoms with Crippen LogP contribution in [0.2, 0.25) is 0 Å². The van der Waals surface area contributed by atoms with Gasteiger partial charge in [0.25, 0.3) is 0 Å². The Balaban J connectivity index is 1.94. The Labute approximate surface area is 84.0 Å². The van der Waals surface area contributed by atoms with E-state index in [0.717, 1.165) is 38.8 Å². The van der Waals surface area contributed by atoms with Crippen LogP contribution in [0.4, 0.5) is 0 Å². The topological polar surface area (TPSA) is 53.1 Å². The maximum absolute atomic E-state index is 5.53. The summed E-state index contributed by atoms with van der Waals surface area (Å²) in [6.45, 7) is 1.60. The van der Waals surface area contributed by atoms with E-state index in [1.54, 1.807) is 0 Å². The third-order valence-corrected chi connectivity index (χ3v) is 2.53. The molecule has 0 radical (unpaired) electrons. The molecular weight excluding hydrogens is 178 g/mol. The van der Waals surface area contributed by atoms with Crippen LogP contribution in [0.5, 0.6) is 0 Å². The van der Waals surface area contributed by atoms with E-state index < -0.39 is 0 Å². The van der Waals surface area contributed by atoms with Crippen molar-refractivity contribution in [2.45, 2.75) is 31.9 Å². The van der Waals surface area contributed by atoms with Gasteiger partial charge >= 0.3 is 0 Å². The molecule has 1 unspecified atom stereocenters. The predicted octanol–water partition coefficient (Wildman–Crippen LogP) is 1.08. The number of aryl methyl sites for hydroxylation is 1. The Hall–Kier alpha value is -0.870. The van der Waals surface area contributed by atoms with Crippen LogP contribution in [0.15, 0.2) is 12.4 Å². The van der Waals surface area contributed by atoms with Gasteiger partial charge in [-0.25, -0.2) is 4.68 Å². The first-order chi connectivity index (χ1) is 6.90. The van der Waals surface area contributed by atoms with E-state index in [-0.39, 0.29) is 6.23 Å². The first-order valence-electron chi connectivity index (χ1n) is 5.25. The molecule has 2 N–H and O–H groups in total. The average molecular weight is 195 g/mol. The number of nitrogens with two attached hydrogens (primary N) is 1. The summed E-state index contributed by atoms with van der Waals surface area (Å²) in [4.78, 5) is 0. The fraction of sp³-hybridized carbons (Fsp3) is 0.700. The van der Waals surface area contributed by atoms with Crippen molar-refractivity contribution in [2.24, 2.45) is 5.73 Å². The molecule has 0 amide bonds. The zero-order valence-corrected chi connectivity index (χ0v) is 8.35. The quantitative estimate of drug-likeness (QED) is 0.782. The van der Waals surface area contributed by atoms with E-state index in [1.165, 1.54) is 5.56 Å². The first-order valence-corrected chi connectivity index (χ1v) is 5.25. The molecule has 1 fully saturated rings. The molecule has 4 heteroatoms. The standard InChI is InChI=1S/C10H17N3O/c11-5-1-3-9-7-12-13(8-9)10-4-2-6-14-10/h7-8,10H,1-6,11H2. The number of hydrogen-bond donors (Lipinski definition) is 1. The summed E-state index contributed by atoms with van der Waals surface area (Å²) in [7, 11) is 0. The van der Waals surface area contributed by atoms with Crippen LogP contribution in [0.1, 0.15) is 31.1 Å². The minimum absolute atomic E-state index is 0.168. The predicted molar refractivity (Wildman–Crippen MR) is 53.8 cm³/mol. The number of aromatic nitrogens is 2. The van der Waals surface area contributed by atoms with E-state index in [2.05, 4.69) is 11.3 Å². The summed E-state index contributed by atoms with van der Waals surface area (Å²) < 4.78 is 7.46. The molecule has 1 aliphatic rings. The molecule has 1 aliphatic heterocycles. The van der Waals surface area contributed by atoms with E-state index >= 15 is 0 Å². The highest BCUT2D eigenvalue weighted by atomic mass is 16.5. The summed E-state index contributed by atoms with van der Waals surface area (Å²) >= 11 is 0. The van der Waals surface area contributed by atoms with Crippen LogP contribution >= 0.6 is 0 Å². The molecule has 0 spiro atoms. The van der Waals surface area contributed by atoms with E-state index in [4.69, 9.17) is 10.5 Å². The normalized spacial score (nSPS) is 21.6. The van der Waals surface area contributed by atoms with Crippen LogP contribution in [-0.2, 0) is 11.2 Å². The molecule has 2 heterocycles. The average Bonchev–Trinajstić information content (AvgIpc) is 2.85. The second-order valence-electron chi connectivity index (χ2n) is 3.69. The summed E-state index contributed by atoms with van der Waals surface area (Å²) in [5, 5.41) is 4.30. The van der Waals surface area contributed by atoms with Gasteiger partial charge in [-0.2, -0.15) is 5.10 Å². The van der Waals surface area contributed by atoms with Gasteiger partial charge in [-0.3, -0.25) is 0 Å². The van der Waals surface area contributed by atoms with Gasteiger partial charge in [0.1, 0.15) is 6.23 Å². The lowest BCUT2D eigenvalue weighted by Crippen LogP contribution is -2.07. The van der Waals surface area contributed by atoms with Crippen molar-refractivity contribution in [1.29, 1.82) is 0 Å². The smallest absolute Gasteiger partial charge is 0.150 e. The van der Waals surface area contributed by atoms with Crippen LogP contribution in [0, 0.1) is 0 Å². The molecule has 1 aromatic heterocycles. The molecule has 1 aromatic rings. The second kappa shape index (κ2) is 4.57. The first kappa shape index (κ1) is 9.68. The SMILES string of the molecule is NCCCc1cnn(C2CCCO2)c1. The molecule has 0 aliphatic carbocycles. The highest BCUT2D eigenvalue weighted by Crippen LogP contribution is 2.22. The van der Waals surface area contributed by atoms with Gasteiger partial charge < -0.3 is 10.5 Å². The molecular formula is C10H17N3O. The lowest BCUT2D eigenvalue weighted by atomic mass is 10.2. The largest absolute Gasteiger partial charge is 0.357 e. The summed E-state index contributed by atoms with van der Waals surface area (Å²) in [6.07, 6.45) is 8.42. The van der Waals surface area contributed by atoms with Gasteiger partial charge in [-0.15, -0.1) is 0 Å². The third-order valence-electron chi connectivity index (χ3n) is 2.53. The van der Waals surface area contributed by atoms with Crippen LogP contribution in [0.3, 0.4) is 0 Å².